The summed E-state index contributed by atoms with van der Waals surface area (Å²) in [5.74, 6) is 0.813. The number of rotatable bonds is 1. The predicted octanol–water partition coefficient (Wildman–Crippen LogP) is 3.72. The Balaban J connectivity index is 2.60. The van der Waals surface area contributed by atoms with Crippen LogP contribution in [0.4, 0.5) is 0 Å². The molecule has 1 aromatic carbocycles. The first-order chi connectivity index (χ1) is 7.58. The first-order valence-electron chi connectivity index (χ1n) is 5.15. The Labute approximate surface area is 100 Å². The van der Waals surface area contributed by atoms with Crippen LogP contribution in [0, 0.1) is 20.8 Å². The molecule has 0 unspecified atom stereocenters. The van der Waals surface area contributed by atoms with E-state index in [1.165, 1.54) is 0 Å². The summed E-state index contributed by atoms with van der Waals surface area (Å²) < 4.78 is 0. The van der Waals surface area contributed by atoms with Gasteiger partial charge in [0, 0.05) is 22.0 Å². The minimum absolute atomic E-state index is 0.743. The van der Waals surface area contributed by atoms with Crippen molar-refractivity contribution in [2.75, 3.05) is 0 Å². The maximum atomic E-state index is 5.87. The second-order valence-electron chi connectivity index (χ2n) is 3.82. The van der Waals surface area contributed by atoms with Crippen LogP contribution in [0.5, 0.6) is 0 Å². The van der Waals surface area contributed by atoms with Gasteiger partial charge in [-0.25, -0.2) is 9.97 Å². The third-order valence-electron chi connectivity index (χ3n) is 2.52. The van der Waals surface area contributed by atoms with Gasteiger partial charge in [0.1, 0.15) is 5.82 Å². The van der Waals surface area contributed by atoms with Gasteiger partial charge in [0.25, 0.3) is 0 Å². The van der Waals surface area contributed by atoms with E-state index in [4.69, 9.17) is 11.6 Å². The van der Waals surface area contributed by atoms with E-state index in [1.807, 2.05) is 45.0 Å². The van der Waals surface area contributed by atoms with Gasteiger partial charge in [-0.1, -0.05) is 23.7 Å². The monoisotopic (exact) mass is 232 g/mol. The lowest BCUT2D eigenvalue weighted by Gasteiger charge is -2.09. The smallest absolute Gasteiger partial charge is 0.125 e. The molecule has 1 heterocycles. The van der Waals surface area contributed by atoms with Crippen molar-refractivity contribution >= 4 is 11.6 Å². The molecule has 0 bridgehead atoms. The van der Waals surface area contributed by atoms with Gasteiger partial charge in [-0.3, -0.25) is 0 Å². The molecule has 82 valence electrons. The van der Waals surface area contributed by atoms with Crippen LogP contribution in [0.3, 0.4) is 0 Å². The summed E-state index contributed by atoms with van der Waals surface area (Å²) in [5, 5.41) is 0.743. The van der Waals surface area contributed by atoms with Gasteiger partial charge < -0.3 is 0 Å². The lowest BCUT2D eigenvalue weighted by Crippen LogP contribution is -1.98. The Hall–Kier alpha value is -1.41. The van der Waals surface area contributed by atoms with Gasteiger partial charge in [0.2, 0.25) is 0 Å². The Morgan fingerprint density at radius 2 is 1.38 bits per heavy atom. The van der Waals surface area contributed by atoms with Crippen molar-refractivity contribution in [1.29, 1.82) is 0 Å². The summed E-state index contributed by atoms with van der Waals surface area (Å²) >= 11 is 5.87. The van der Waals surface area contributed by atoms with Crippen molar-refractivity contribution in [2.45, 2.75) is 20.8 Å². The lowest BCUT2D eigenvalue weighted by atomic mass is 10.0. The van der Waals surface area contributed by atoms with Crippen LogP contribution in [0.1, 0.15) is 17.2 Å². The van der Waals surface area contributed by atoms with Gasteiger partial charge in [-0.2, -0.15) is 0 Å². The zero-order valence-electron chi connectivity index (χ0n) is 9.58. The maximum Gasteiger partial charge on any atom is 0.125 e. The molecule has 0 aliphatic rings. The Morgan fingerprint density at radius 3 is 1.88 bits per heavy atom. The molecule has 0 saturated carbocycles. The van der Waals surface area contributed by atoms with Gasteiger partial charge in [0.05, 0.1) is 0 Å². The Kier molecular flexibility index (Phi) is 2.92. The molecule has 0 amide bonds. The highest BCUT2D eigenvalue weighted by molar-refractivity contribution is 6.30. The molecule has 0 aliphatic carbocycles. The molecule has 0 radical (unpaired) electrons. The number of hydrogen-bond acceptors (Lipinski definition) is 2. The van der Waals surface area contributed by atoms with Crippen molar-refractivity contribution in [3.8, 4) is 11.1 Å². The van der Waals surface area contributed by atoms with E-state index in [1.54, 1.807) is 0 Å². The van der Waals surface area contributed by atoms with E-state index in [2.05, 4.69) is 9.97 Å². The first-order valence-corrected chi connectivity index (χ1v) is 5.53. The summed E-state index contributed by atoms with van der Waals surface area (Å²) in [6.07, 6.45) is 0. The summed E-state index contributed by atoms with van der Waals surface area (Å²) in [5.41, 5.74) is 4.22. The fraction of sp³-hybridized carbons (Fsp3) is 0.231. The number of halogens is 1. The number of benzene rings is 1. The zero-order chi connectivity index (χ0) is 11.7. The third-order valence-corrected chi connectivity index (χ3v) is 2.77. The van der Waals surface area contributed by atoms with Crippen LogP contribution in [0.15, 0.2) is 24.3 Å². The molecule has 0 atom stereocenters. The summed E-state index contributed by atoms with van der Waals surface area (Å²) in [4.78, 5) is 8.78. The second kappa shape index (κ2) is 4.22. The SMILES string of the molecule is Cc1nc(C)c(-c2ccc(Cl)cc2)c(C)n1. The molecule has 16 heavy (non-hydrogen) atoms. The van der Waals surface area contributed by atoms with E-state index in [0.717, 1.165) is 33.4 Å². The van der Waals surface area contributed by atoms with Crippen LogP contribution in [-0.4, -0.2) is 9.97 Å². The van der Waals surface area contributed by atoms with E-state index in [9.17, 15) is 0 Å². The number of nitrogens with zero attached hydrogens (tertiary/aromatic N) is 2. The summed E-state index contributed by atoms with van der Waals surface area (Å²) in [6, 6.07) is 7.76. The molecule has 2 rings (SSSR count). The predicted molar refractivity (Wildman–Crippen MR) is 66.7 cm³/mol. The molecule has 1 aromatic heterocycles. The average Bonchev–Trinajstić information content (AvgIpc) is 2.19. The van der Waals surface area contributed by atoms with Crippen molar-refractivity contribution < 1.29 is 0 Å². The van der Waals surface area contributed by atoms with Gasteiger partial charge in [-0.15, -0.1) is 0 Å². The Bertz CT molecular complexity index is 495. The molecular weight excluding hydrogens is 220 g/mol. The fourth-order valence-corrected chi connectivity index (χ4v) is 2.04. The van der Waals surface area contributed by atoms with Crippen molar-refractivity contribution in [1.82, 2.24) is 9.97 Å². The highest BCUT2D eigenvalue weighted by Gasteiger charge is 2.08. The normalized spacial score (nSPS) is 10.5. The van der Waals surface area contributed by atoms with E-state index < -0.39 is 0 Å². The molecule has 0 spiro atoms. The van der Waals surface area contributed by atoms with Crippen molar-refractivity contribution in [3.63, 3.8) is 0 Å². The molecular formula is C13H13ClN2. The highest BCUT2D eigenvalue weighted by Crippen LogP contribution is 2.26. The molecule has 2 aromatic rings. The van der Waals surface area contributed by atoms with Crippen LogP contribution < -0.4 is 0 Å². The first kappa shape index (κ1) is 11.1. The minimum Gasteiger partial charge on any atom is -0.238 e. The average molecular weight is 233 g/mol. The van der Waals surface area contributed by atoms with Gasteiger partial charge in [0.15, 0.2) is 0 Å². The van der Waals surface area contributed by atoms with Crippen LogP contribution >= 0.6 is 11.6 Å². The van der Waals surface area contributed by atoms with Gasteiger partial charge >= 0.3 is 0 Å². The molecule has 2 nitrogen and oxygen atoms in total. The van der Waals surface area contributed by atoms with Crippen LogP contribution in [0.25, 0.3) is 11.1 Å². The van der Waals surface area contributed by atoms with Crippen molar-refractivity contribution in [3.05, 3.63) is 46.5 Å². The number of hydrogen-bond donors (Lipinski definition) is 0. The standard InChI is InChI=1S/C13H13ClN2/c1-8-13(9(2)16-10(3)15-8)11-4-6-12(14)7-5-11/h4-7H,1-3H3. The van der Waals surface area contributed by atoms with Crippen LogP contribution in [0.2, 0.25) is 5.02 Å². The topological polar surface area (TPSA) is 25.8 Å². The molecule has 0 fully saturated rings. The largest absolute Gasteiger partial charge is 0.238 e. The summed E-state index contributed by atoms with van der Waals surface area (Å²) in [7, 11) is 0. The van der Waals surface area contributed by atoms with E-state index >= 15 is 0 Å². The zero-order valence-corrected chi connectivity index (χ0v) is 10.3. The number of aromatic nitrogens is 2. The fourth-order valence-electron chi connectivity index (χ4n) is 1.92. The quantitative estimate of drug-likeness (QED) is 0.749. The number of aryl methyl sites for hydroxylation is 3. The second-order valence-corrected chi connectivity index (χ2v) is 4.26. The molecule has 0 N–H and O–H groups in total. The highest BCUT2D eigenvalue weighted by atomic mass is 35.5. The minimum atomic E-state index is 0.743. The van der Waals surface area contributed by atoms with Crippen LogP contribution in [-0.2, 0) is 0 Å². The molecule has 3 heteroatoms. The third kappa shape index (κ3) is 2.07. The molecule has 0 aliphatic heterocycles. The Morgan fingerprint density at radius 1 is 0.875 bits per heavy atom. The maximum absolute atomic E-state index is 5.87. The summed E-state index contributed by atoms with van der Waals surface area (Å²) in [6.45, 7) is 5.92. The lowest BCUT2D eigenvalue weighted by molar-refractivity contribution is 0.981. The van der Waals surface area contributed by atoms with Gasteiger partial charge in [-0.05, 0) is 38.5 Å². The molecule has 0 saturated heterocycles. The van der Waals surface area contributed by atoms with E-state index in [-0.39, 0.29) is 0 Å². The van der Waals surface area contributed by atoms with E-state index in [0.29, 0.717) is 0 Å². The van der Waals surface area contributed by atoms with Crippen molar-refractivity contribution in [2.24, 2.45) is 0 Å².